The third-order valence-corrected chi connectivity index (χ3v) is 7.55. The number of rotatable bonds is 8. The Kier molecular flexibility index (Phi) is 7.86. The number of likely N-dealkylation sites (tertiary alicyclic amines) is 2. The summed E-state index contributed by atoms with van der Waals surface area (Å²) in [5.41, 5.74) is 3.61. The van der Waals surface area contributed by atoms with Gasteiger partial charge in [0.15, 0.2) is 0 Å². The number of aryl methyl sites for hydroxylation is 1. The molecule has 2 aromatic rings. The Morgan fingerprint density at radius 1 is 1.30 bits per heavy atom. The Balaban J connectivity index is 1.34. The van der Waals surface area contributed by atoms with E-state index in [0.29, 0.717) is 19.2 Å². The molecule has 3 atom stereocenters. The molecule has 2 saturated heterocycles. The highest BCUT2D eigenvalue weighted by atomic mass is 16.5. The highest BCUT2D eigenvalue weighted by Gasteiger charge is 2.37. The van der Waals surface area contributed by atoms with E-state index in [0.717, 1.165) is 50.2 Å². The fourth-order valence-corrected chi connectivity index (χ4v) is 5.64. The van der Waals surface area contributed by atoms with Crippen LogP contribution in [-0.4, -0.2) is 83.4 Å². The SMILES string of the molecule is C=N/C=C(/C)OCN1CCC(C(CO)N2CCC(c3c[nH]c4c(C)cccc34)C(O)C2)CC1. The Morgan fingerprint density at radius 3 is 2.79 bits per heavy atom. The van der Waals surface area contributed by atoms with Crippen molar-refractivity contribution in [3.8, 4) is 0 Å². The van der Waals surface area contributed by atoms with Gasteiger partial charge in [0.2, 0.25) is 0 Å². The molecular weight excluding hydrogens is 416 g/mol. The summed E-state index contributed by atoms with van der Waals surface area (Å²) >= 11 is 0. The van der Waals surface area contributed by atoms with Gasteiger partial charge >= 0.3 is 0 Å². The number of nitrogens with zero attached hydrogens (tertiary/aromatic N) is 3. The average Bonchev–Trinajstić information content (AvgIpc) is 3.25. The minimum atomic E-state index is -0.436. The van der Waals surface area contributed by atoms with E-state index in [1.165, 1.54) is 16.5 Å². The van der Waals surface area contributed by atoms with Crippen molar-refractivity contribution in [2.45, 2.75) is 51.2 Å². The molecule has 3 N–H and O–H groups in total. The van der Waals surface area contributed by atoms with Crippen molar-refractivity contribution in [2.75, 3.05) is 39.5 Å². The number of aromatic amines is 1. The monoisotopic (exact) mass is 454 g/mol. The first-order valence-corrected chi connectivity index (χ1v) is 12.1. The smallest absolute Gasteiger partial charge is 0.141 e. The van der Waals surface area contributed by atoms with Crippen LogP contribution in [0.25, 0.3) is 10.9 Å². The Hall–Kier alpha value is -2.19. The molecule has 0 radical (unpaired) electrons. The van der Waals surface area contributed by atoms with Gasteiger partial charge in [0.25, 0.3) is 0 Å². The lowest BCUT2D eigenvalue weighted by Crippen LogP contribution is -2.53. The fraction of sp³-hybridized carbons (Fsp3) is 0.577. The molecule has 3 heterocycles. The number of aromatic nitrogens is 1. The fourth-order valence-electron chi connectivity index (χ4n) is 5.64. The normalized spacial score (nSPS) is 24.8. The van der Waals surface area contributed by atoms with Crippen LogP contribution in [0.1, 0.15) is 43.2 Å². The number of aliphatic hydroxyl groups excluding tert-OH is 2. The number of ether oxygens (including phenoxy) is 1. The van der Waals surface area contributed by atoms with E-state index >= 15 is 0 Å². The predicted molar refractivity (Wildman–Crippen MR) is 132 cm³/mol. The first-order valence-electron chi connectivity index (χ1n) is 12.1. The summed E-state index contributed by atoms with van der Waals surface area (Å²) < 4.78 is 5.72. The third-order valence-electron chi connectivity index (χ3n) is 7.55. The third kappa shape index (κ3) is 5.32. The molecule has 7 nitrogen and oxygen atoms in total. The summed E-state index contributed by atoms with van der Waals surface area (Å²) in [6.45, 7) is 11.5. The van der Waals surface area contributed by atoms with Gasteiger partial charge < -0.3 is 19.9 Å². The number of fused-ring (bicyclic) bond motifs is 1. The number of nitrogens with one attached hydrogen (secondary N) is 1. The molecule has 2 aliphatic rings. The van der Waals surface area contributed by atoms with E-state index in [-0.39, 0.29) is 18.6 Å². The number of hydrogen-bond donors (Lipinski definition) is 3. The molecule has 4 rings (SSSR count). The highest BCUT2D eigenvalue weighted by Crippen LogP contribution is 2.36. The molecule has 1 aromatic heterocycles. The van der Waals surface area contributed by atoms with Crippen molar-refractivity contribution in [2.24, 2.45) is 10.9 Å². The number of hydrogen-bond acceptors (Lipinski definition) is 6. The molecule has 180 valence electrons. The van der Waals surface area contributed by atoms with Crippen molar-refractivity contribution < 1.29 is 14.9 Å². The van der Waals surface area contributed by atoms with Crippen LogP contribution in [0.2, 0.25) is 0 Å². The number of allylic oxidation sites excluding steroid dienone is 1. The zero-order chi connectivity index (χ0) is 23.4. The second-order valence-corrected chi connectivity index (χ2v) is 9.60. The lowest BCUT2D eigenvalue weighted by Gasteiger charge is -2.44. The van der Waals surface area contributed by atoms with E-state index in [1.807, 2.05) is 6.92 Å². The largest absolute Gasteiger partial charge is 0.481 e. The van der Waals surface area contributed by atoms with Crippen LogP contribution in [0, 0.1) is 12.8 Å². The van der Waals surface area contributed by atoms with Gasteiger partial charge in [0.1, 0.15) is 12.5 Å². The zero-order valence-electron chi connectivity index (χ0n) is 19.9. The Bertz CT molecular complexity index is 964. The van der Waals surface area contributed by atoms with Gasteiger partial charge in [-0.25, -0.2) is 0 Å². The molecule has 0 spiro atoms. The summed E-state index contributed by atoms with van der Waals surface area (Å²) in [5.74, 6) is 1.32. The minimum Gasteiger partial charge on any atom is -0.481 e. The Labute approximate surface area is 196 Å². The van der Waals surface area contributed by atoms with Crippen LogP contribution in [-0.2, 0) is 4.74 Å². The predicted octanol–water partition coefficient (Wildman–Crippen LogP) is 3.24. The number of β-amino-alcohol motifs (C(OH)–C–C–N with tert-alkyl or cyclic N) is 1. The van der Waals surface area contributed by atoms with Crippen molar-refractivity contribution in [3.05, 3.63) is 47.5 Å². The molecule has 2 aliphatic heterocycles. The molecule has 3 unspecified atom stereocenters. The number of aliphatic hydroxyl groups is 2. The number of para-hydroxylation sites is 1. The Morgan fingerprint density at radius 2 is 2.09 bits per heavy atom. The maximum absolute atomic E-state index is 11.1. The van der Waals surface area contributed by atoms with Crippen LogP contribution >= 0.6 is 0 Å². The average molecular weight is 455 g/mol. The van der Waals surface area contributed by atoms with Gasteiger partial charge in [-0.2, -0.15) is 0 Å². The van der Waals surface area contributed by atoms with Crippen LogP contribution in [0.5, 0.6) is 0 Å². The van der Waals surface area contributed by atoms with Gasteiger partial charge in [-0.05, 0) is 63.4 Å². The maximum atomic E-state index is 11.1. The van der Waals surface area contributed by atoms with E-state index in [2.05, 4.69) is 57.8 Å². The van der Waals surface area contributed by atoms with Gasteiger partial charge in [-0.1, -0.05) is 18.2 Å². The van der Waals surface area contributed by atoms with E-state index in [9.17, 15) is 10.2 Å². The lowest BCUT2D eigenvalue weighted by atomic mass is 9.83. The van der Waals surface area contributed by atoms with Crippen LogP contribution in [0.15, 0.2) is 41.3 Å². The number of aliphatic imine (C=N–C) groups is 1. The van der Waals surface area contributed by atoms with E-state index < -0.39 is 6.10 Å². The van der Waals surface area contributed by atoms with Crippen LogP contribution in [0.4, 0.5) is 0 Å². The highest BCUT2D eigenvalue weighted by molar-refractivity contribution is 5.86. The molecule has 0 bridgehead atoms. The zero-order valence-corrected chi connectivity index (χ0v) is 19.9. The maximum Gasteiger partial charge on any atom is 0.141 e. The van der Waals surface area contributed by atoms with Crippen molar-refractivity contribution in [1.29, 1.82) is 0 Å². The summed E-state index contributed by atoms with van der Waals surface area (Å²) in [4.78, 5) is 11.8. The molecule has 0 amide bonds. The number of benzene rings is 1. The molecule has 0 aliphatic carbocycles. The minimum absolute atomic E-state index is 0.0977. The van der Waals surface area contributed by atoms with Crippen LogP contribution < -0.4 is 0 Å². The van der Waals surface area contributed by atoms with Crippen molar-refractivity contribution in [1.82, 2.24) is 14.8 Å². The molecule has 2 fully saturated rings. The standard InChI is InChI=1S/C26H38N4O3/c1-18-5-4-6-22-23(14-28-26(18)22)21-9-12-30(15-25(21)32)24(16-31)20-7-10-29(11-8-20)17-33-19(2)13-27-3/h4-6,13-14,20-21,24-25,28,31-32H,3,7-12,15-17H2,1-2H3/b19-13-. The summed E-state index contributed by atoms with van der Waals surface area (Å²) in [5, 5.41) is 22.6. The molecule has 1 aromatic carbocycles. The molecular formula is C26H38N4O3. The molecule has 7 heteroatoms. The summed E-state index contributed by atoms with van der Waals surface area (Å²) in [6.07, 6.45) is 6.21. The van der Waals surface area contributed by atoms with Crippen LogP contribution in [0.3, 0.4) is 0 Å². The molecule has 33 heavy (non-hydrogen) atoms. The first kappa shape index (κ1) is 24.0. The number of piperidine rings is 2. The second-order valence-electron chi connectivity index (χ2n) is 9.60. The molecule has 0 saturated carbocycles. The summed E-state index contributed by atoms with van der Waals surface area (Å²) in [6, 6.07) is 6.44. The quantitative estimate of drug-likeness (QED) is 0.421. The van der Waals surface area contributed by atoms with Gasteiger partial charge in [0, 0.05) is 48.7 Å². The first-order chi connectivity index (χ1) is 16.0. The number of H-pyrrole nitrogens is 1. The van der Waals surface area contributed by atoms with Gasteiger partial charge in [-0.3, -0.25) is 14.8 Å². The van der Waals surface area contributed by atoms with Gasteiger partial charge in [-0.15, -0.1) is 0 Å². The van der Waals surface area contributed by atoms with E-state index in [4.69, 9.17) is 4.74 Å². The summed E-state index contributed by atoms with van der Waals surface area (Å²) in [7, 11) is 0. The van der Waals surface area contributed by atoms with Gasteiger partial charge in [0.05, 0.1) is 18.9 Å². The van der Waals surface area contributed by atoms with Crippen molar-refractivity contribution >= 4 is 17.6 Å². The van der Waals surface area contributed by atoms with E-state index in [1.54, 1.807) is 6.20 Å². The topological polar surface area (TPSA) is 84.3 Å². The lowest BCUT2D eigenvalue weighted by molar-refractivity contribution is -0.0228. The van der Waals surface area contributed by atoms with Crippen molar-refractivity contribution in [3.63, 3.8) is 0 Å². The second kappa shape index (κ2) is 10.8.